The number of benzene rings is 3. The first-order chi connectivity index (χ1) is 18.6. The highest BCUT2D eigenvalue weighted by atomic mass is 35.5. The molecular weight excluding hydrogens is 516 g/mol. The second kappa shape index (κ2) is 10.7. The molecule has 8 heteroatoms. The quantitative estimate of drug-likeness (QED) is 0.394. The molecule has 2 aliphatic heterocycles. The molecule has 2 amide bonds. The van der Waals surface area contributed by atoms with E-state index in [1.807, 2.05) is 43.3 Å². The van der Waals surface area contributed by atoms with Crippen molar-refractivity contribution in [1.82, 2.24) is 5.32 Å². The Morgan fingerprint density at radius 1 is 1.00 bits per heavy atom. The van der Waals surface area contributed by atoms with Gasteiger partial charge in [-0.2, -0.15) is 0 Å². The molecule has 2 heterocycles. The summed E-state index contributed by atoms with van der Waals surface area (Å²) in [4.78, 5) is 28.4. The zero-order valence-electron chi connectivity index (χ0n) is 22.4. The SMILES string of the molecule is CC(NC(=O)CN1C(=O)/C(=C\c2ccc(Cl)cc2)Oc2ccc(C(C)(C)C)cc21)c1ccc2c(c1)OCCO2. The van der Waals surface area contributed by atoms with Crippen LogP contribution in [-0.4, -0.2) is 31.6 Å². The average molecular weight is 547 g/mol. The third kappa shape index (κ3) is 5.88. The Morgan fingerprint density at radius 2 is 1.69 bits per heavy atom. The molecule has 0 spiro atoms. The van der Waals surface area contributed by atoms with E-state index in [1.54, 1.807) is 30.3 Å². The Hall–Kier alpha value is -3.97. The second-order valence-corrected chi connectivity index (χ2v) is 11.1. The van der Waals surface area contributed by atoms with E-state index in [4.69, 9.17) is 25.8 Å². The van der Waals surface area contributed by atoms with Crippen LogP contribution in [0.1, 0.15) is 50.4 Å². The molecule has 0 bridgehead atoms. The van der Waals surface area contributed by atoms with Crippen molar-refractivity contribution >= 4 is 35.2 Å². The minimum atomic E-state index is -0.398. The lowest BCUT2D eigenvalue weighted by molar-refractivity contribution is -0.123. The molecule has 0 fully saturated rings. The number of halogens is 1. The molecule has 1 atom stereocenters. The number of hydrogen-bond acceptors (Lipinski definition) is 5. The van der Waals surface area contributed by atoms with Gasteiger partial charge in [0.15, 0.2) is 23.0 Å². The van der Waals surface area contributed by atoms with Crippen molar-refractivity contribution in [3.05, 3.63) is 88.1 Å². The molecule has 3 aromatic carbocycles. The summed E-state index contributed by atoms with van der Waals surface area (Å²) in [6.07, 6.45) is 1.65. The van der Waals surface area contributed by atoms with Crippen molar-refractivity contribution in [2.24, 2.45) is 0 Å². The largest absolute Gasteiger partial charge is 0.486 e. The van der Waals surface area contributed by atoms with Gasteiger partial charge in [0.2, 0.25) is 5.91 Å². The smallest absolute Gasteiger partial charge is 0.294 e. The summed E-state index contributed by atoms with van der Waals surface area (Å²) < 4.78 is 17.3. The summed E-state index contributed by atoms with van der Waals surface area (Å²) in [5.74, 6) is 1.28. The molecule has 2 aliphatic rings. The zero-order valence-corrected chi connectivity index (χ0v) is 23.2. The Bertz CT molecular complexity index is 1440. The van der Waals surface area contributed by atoms with E-state index in [0.29, 0.717) is 41.2 Å². The number of ether oxygens (including phenoxy) is 3. The Morgan fingerprint density at radius 3 is 2.41 bits per heavy atom. The number of rotatable bonds is 5. The van der Waals surface area contributed by atoms with E-state index < -0.39 is 5.91 Å². The van der Waals surface area contributed by atoms with E-state index >= 15 is 0 Å². The van der Waals surface area contributed by atoms with Crippen LogP contribution >= 0.6 is 11.6 Å². The van der Waals surface area contributed by atoms with Crippen molar-refractivity contribution < 1.29 is 23.8 Å². The molecule has 3 aromatic rings. The second-order valence-electron chi connectivity index (χ2n) is 10.7. The highest BCUT2D eigenvalue weighted by Gasteiger charge is 2.33. The fourth-order valence-corrected chi connectivity index (χ4v) is 4.61. The number of fused-ring (bicyclic) bond motifs is 2. The Labute approximate surface area is 233 Å². The van der Waals surface area contributed by atoms with E-state index in [9.17, 15) is 9.59 Å². The molecule has 202 valence electrons. The van der Waals surface area contributed by atoms with Crippen LogP contribution in [0.15, 0.2) is 66.4 Å². The average Bonchev–Trinajstić information content (AvgIpc) is 2.91. The van der Waals surface area contributed by atoms with Crippen LogP contribution in [0.5, 0.6) is 17.2 Å². The Kier molecular flexibility index (Phi) is 7.28. The number of hydrogen-bond donors (Lipinski definition) is 1. The zero-order chi connectivity index (χ0) is 27.7. The van der Waals surface area contributed by atoms with Crippen LogP contribution in [0, 0.1) is 0 Å². The molecule has 0 radical (unpaired) electrons. The van der Waals surface area contributed by atoms with Crippen molar-refractivity contribution in [3.63, 3.8) is 0 Å². The number of carbonyl (C=O) groups excluding carboxylic acids is 2. The van der Waals surface area contributed by atoms with Crippen molar-refractivity contribution in [1.29, 1.82) is 0 Å². The molecule has 0 aliphatic carbocycles. The lowest BCUT2D eigenvalue weighted by atomic mass is 9.86. The van der Waals surface area contributed by atoms with Gasteiger partial charge in [-0.25, -0.2) is 0 Å². The summed E-state index contributed by atoms with van der Waals surface area (Å²) in [5, 5.41) is 3.61. The molecular formula is C31H31ClN2O5. The van der Waals surface area contributed by atoms with Gasteiger partial charge in [0.1, 0.15) is 19.8 Å². The number of amides is 2. The minimum absolute atomic E-state index is 0.126. The van der Waals surface area contributed by atoms with Gasteiger partial charge in [0.05, 0.1) is 11.7 Å². The molecule has 39 heavy (non-hydrogen) atoms. The van der Waals surface area contributed by atoms with Gasteiger partial charge in [0.25, 0.3) is 5.91 Å². The maximum absolute atomic E-state index is 13.7. The topological polar surface area (TPSA) is 77.1 Å². The normalized spacial score (nSPS) is 16.4. The van der Waals surface area contributed by atoms with Gasteiger partial charge in [-0.15, -0.1) is 0 Å². The lowest BCUT2D eigenvalue weighted by Gasteiger charge is -2.32. The van der Waals surface area contributed by atoms with E-state index in [1.165, 1.54) is 4.90 Å². The van der Waals surface area contributed by atoms with Crippen molar-refractivity contribution in [3.8, 4) is 17.2 Å². The van der Waals surface area contributed by atoms with Crippen molar-refractivity contribution in [2.45, 2.75) is 39.2 Å². The fourth-order valence-electron chi connectivity index (χ4n) is 4.49. The standard InChI is InChI=1S/C31H31ClN2O5/c1-19(21-7-11-26-27(16-21)38-14-13-37-26)33-29(35)18-34-24-17-22(31(2,3)4)8-12-25(24)39-28(30(34)36)15-20-5-9-23(32)10-6-20/h5-12,15-17,19H,13-14,18H2,1-4H3,(H,33,35)/b28-15+. The third-order valence-corrected chi connectivity index (χ3v) is 6.96. The van der Waals surface area contributed by atoms with Crippen LogP contribution in [-0.2, 0) is 15.0 Å². The first kappa shape index (κ1) is 26.6. The highest BCUT2D eigenvalue weighted by molar-refractivity contribution is 6.30. The Balaban J connectivity index is 1.41. The highest BCUT2D eigenvalue weighted by Crippen LogP contribution is 2.39. The first-order valence-corrected chi connectivity index (χ1v) is 13.3. The van der Waals surface area contributed by atoms with E-state index in [0.717, 1.165) is 16.7 Å². The van der Waals surface area contributed by atoms with Crippen LogP contribution < -0.4 is 24.4 Å². The number of nitrogens with one attached hydrogen (secondary N) is 1. The summed E-state index contributed by atoms with van der Waals surface area (Å²) in [6, 6.07) is 18.1. The maximum Gasteiger partial charge on any atom is 0.294 e. The first-order valence-electron chi connectivity index (χ1n) is 12.9. The van der Waals surface area contributed by atoms with Gasteiger partial charge in [0, 0.05) is 5.02 Å². The van der Waals surface area contributed by atoms with Crippen molar-refractivity contribution in [2.75, 3.05) is 24.7 Å². The predicted octanol–water partition coefficient (Wildman–Crippen LogP) is 6.05. The van der Waals surface area contributed by atoms with Crippen LogP contribution in [0.25, 0.3) is 6.08 Å². The maximum atomic E-state index is 13.7. The van der Waals surface area contributed by atoms with E-state index in [2.05, 4.69) is 26.1 Å². The summed E-state index contributed by atoms with van der Waals surface area (Å²) in [5.41, 5.74) is 3.06. The fraction of sp³-hybridized carbons (Fsp3) is 0.290. The molecule has 0 aromatic heterocycles. The molecule has 0 saturated carbocycles. The van der Waals surface area contributed by atoms with Crippen LogP contribution in [0.2, 0.25) is 5.02 Å². The van der Waals surface area contributed by atoms with Gasteiger partial charge >= 0.3 is 0 Å². The third-order valence-electron chi connectivity index (χ3n) is 6.70. The monoisotopic (exact) mass is 546 g/mol. The summed E-state index contributed by atoms with van der Waals surface area (Å²) in [6.45, 7) is 9.00. The van der Waals surface area contributed by atoms with Gasteiger partial charge in [-0.3, -0.25) is 14.5 Å². The molecule has 5 rings (SSSR count). The van der Waals surface area contributed by atoms with Gasteiger partial charge in [-0.05, 0) is 71.5 Å². The molecule has 1 unspecified atom stereocenters. The predicted molar refractivity (Wildman–Crippen MR) is 152 cm³/mol. The van der Waals surface area contributed by atoms with E-state index in [-0.39, 0.29) is 29.7 Å². The van der Waals surface area contributed by atoms with Crippen LogP contribution in [0.3, 0.4) is 0 Å². The number of carbonyl (C=O) groups is 2. The van der Waals surface area contributed by atoms with Crippen LogP contribution in [0.4, 0.5) is 5.69 Å². The lowest BCUT2D eigenvalue weighted by Crippen LogP contribution is -2.44. The number of nitrogens with zero attached hydrogens (tertiary/aromatic N) is 1. The molecule has 1 N–H and O–H groups in total. The summed E-state index contributed by atoms with van der Waals surface area (Å²) in [7, 11) is 0. The minimum Gasteiger partial charge on any atom is -0.486 e. The number of anilines is 1. The van der Waals surface area contributed by atoms with Gasteiger partial charge < -0.3 is 19.5 Å². The summed E-state index contributed by atoms with van der Waals surface area (Å²) >= 11 is 6.02. The molecule has 7 nitrogen and oxygen atoms in total. The van der Waals surface area contributed by atoms with Gasteiger partial charge in [-0.1, -0.05) is 56.6 Å². The molecule has 0 saturated heterocycles.